The standard InChI is InChI=1S/C40H34N4/c1-28-38-35(26-27-42(28)2)34-20-12-13-21-36(34)43(38)32-22-24-33(25-23-32)44-39(30-16-8-4-9-17-30)37(29-14-6-3-7-15-29)41-40(44)31-18-10-5-11-19-31/h3-25,28H,26-27H2,1-2H3. The van der Waals surface area contributed by atoms with Gasteiger partial charge >= 0.3 is 0 Å². The molecule has 1 unspecified atom stereocenters. The van der Waals surface area contributed by atoms with Gasteiger partial charge in [-0.3, -0.25) is 9.47 Å². The average Bonchev–Trinajstić information content (AvgIpc) is 3.65. The van der Waals surface area contributed by atoms with Crippen LogP contribution in [0.15, 0.2) is 140 Å². The van der Waals surface area contributed by atoms with Crippen LogP contribution in [0.4, 0.5) is 0 Å². The largest absolute Gasteiger partial charge is 0.312 e. The van der Waals surface area contributed by atoms with Gasteiger partial charge in [-0.2, -0.15) is 0 Å². The SMILES string of the molecule is CC1c2c(c3ccccc3n2-c2ccc(-n3c(-c4ccccc4)nc(-c4ccccc4)c3-c3ccccc3)cc2)CCN1C. The fourth-order valence-corrected chi connectivity index (χ4v) is 6.86. The van der Waals surface area contributed by atoms with Crippen LogP contribution in [0.3, 0.4) is 0 Å². The predicted octanol–water partition coefficient (Wildman–Crippen LogP) is 9.37. The lowest BCUT2D eigenvalue weighted by Crippen LogP contribution is -2.31. The molecular weight excluding hydrogens is 536 g/mol. The molecule has 1 atom stereocenters. The molecule has 0 spiro atoms. The number of likely N-dealkylation sites (N-methyl/N-ethyl adjacent to an activating group) is 1. The highest BCUT2D eigenvalue weighted by atomic mass is 15.2. The summed E-state index contributed by atoms with van der Waals surface area (Å²) < 4.78 is 4.81. The molecule has 0 fully saturated rings. The van der Waals surface area contributed by atoms with Crippen molar-refractivity contribution < 1.29 is 0 Å². The molecule has 1 aliphatic heterocycles. The molecule has 0 radical (unpaired) electrons. The smallest absolute Gasteiger partial charge is 0.145 e. The number of aromatic nitrogens is 3. The van der Waals surface area contributed by atoms with E-state index in [1.807, 2.05) is 0 Å². The molecule has 0 bridgehead atoms. The Morgan fingerprint density at radius 2 is 1.14 bits per heavy atom. The lowest BCUT2D eigenvalue weighted by atomic mass is 9.99. The lowest BCUT2D eigenvalue weighted by Gasteiger charge is -2.31. The highest BCUT2D eigenvalue weighted by molar-refractivity contribution is 5.88. The van der Waals surface area contributed by atoms with E-state index in [-0.39, 0.29) is 0 Å². The first-order valence-corrected chi connectivity index (χ1v) is 15.4. The lowest BCUT2D eigenvalue weighted by molar-refractivity contribution is 0.241. The van der Waals surface area contributed by atoms with E-state index in [0.717, 1.165) is 52.6 Å². The summed E-state index contributed by atoms with van der Waals surface area (Å²) in [5.41, 5.74) is 11.8. The summed E-state index contributed by atoms with van der Waals surface area (Å²) in [6, 6.07) is 49.9. The van der Waals surface area contributed by atoms with Crippen LogP contribution in [0.5, 0.6) is 0 Å². The van der Waals surface area contributed by atoms with Gasteiger partial charge in [-0.1, -0.05) is 109 Å². The third-order valence-corrected chi connectivity index (χ3v) is 9.16. The number of hydrogen-bond acceptors (Lipinski definition) is 2. The van der Waals surface area contributed by atoms with E-state index in [0.29, 0.717) is 6.04 Å². The van der Waals surface area contributed by atoms with Gasteiger partial charge in [-0.15, -0.1) is 0 Å². The molecule has 0 aliphatic carbocycles. The molecule has 1 aliphatic rings. The fourth-order valence-electron chi connectivity index (χ4n) is 6.86. The van der Waals surface area contributed by atoms with Gasteiger partial charge in [-0.25, -0.2) is 4.98 Å². The maximum atomic E-state index is 5.34. The molecule has 4 nitrogen and oxygen atoms in total. The number of rotatable bonds is 5. The van der Waals surface area contributed by atoms with E-state index < -0.39 is 0 Å². The topological polar surface area (TPSA) is 26.0 Å². The molecular formula is C40H34N4. The van der Waals surface area contributed by atoms with Gasteiger partial charge in [0.25, 0.3) is 0 Å². The Morgan fingerprint density at radius 3 is 1.80 bits per heavy atom. The summed E-state index contributed by atoms with van der Waals surface area (Å²) in [5.74, 6) is 0.926. The summed E-state index contributed by atoms with van der Waals surface area (Å²) >= 11 is 0. The third-order valence-electron chi connectivity index (χ3n) is 9.16. The van der Waals surface area contributed by atoms with Crippen LogP contribution in [0, 0.1) is 0 Å². The molecule has 5 aromatic carbocycles. The van der Waals surface area contributed by atoms with Gasteiger partial charge in [0.15, 0.2) is 0 Å². The Hall–Kier alpha value is -5.19. The number of hydrogen-bond donors (Lipinski definition) is 0. The minimum atomic E-state index is 0.335. The quantitative estimate of drug-likeness (QED) is 0.206. The summed E-state index contributed by atoms with van der Waals surface area (Å²) in [6.07, 6.45) is 1.07. The molecule has 3 heterocycles. The summed E-state index contributed by atoms with van der Waals surface area (Å²) in [6.45, 7) is 3.41. The maximum Gasteiger partial charge on any atom is 0.145 e. The Labute approximate surface area is 258 Å². The normalized spacial score (nSPS) is 15.0. The van der Waals surface area contributed by atoms with Crippen molar-refractivity contribution in [2.45, 2.75) is 19.4 Å². The zero-order chi connectivity index (χ0) is 29.6. The van der Waals surface area contributed by atoms with Gasteiger partial charge in [-0.05, 0) is 56.3 Å². The van der Waals surface area contributed by atoms with Crippen molar-refractivity contribution in [1.29, 1.82) is 0 Å². The Bertz CT molecular complexity index is 2070. The number of para-hydroxylation sites is 1. The molecule has 8 rings (SSSR count). The monoisotopic (exact) mass is 570 g/mol. The van der Waals surface area contributed by atoms with Gasteiger partial charge in [0.1, 0.15) is 5.82 Å². The second-order valence-electron chi connectivity index (χ2n) is 11.7. The Kier molecular flexibility index (Phi) is 6.50. The van der Waals surface area contributed by atoms with Crippen molar-refractivity contribution in [2.24, 2.45) is 0 Å². The highest BCUT2D eigenvalue weighted by Crippen LogP contribution is 2.41. The molecule has 214 valence electrons. The number of benzene rings is 5. The van der Waals surface area contributed by atoms with Crippen LogP contribution in [-0.2, 0) is 6.42 Å². The van der Waals surface area contributed by atoms with Crippen LogP contribution < -0.4 is 0 Å². The minimum Gasteiger partial charge on any atom is -0.312 e. The maximum absolute atomic E-state index is 5.34. The van der Waals surface area contributed by atoms with E-state index in [2.05, 4.69) is 168 Å². The van der Waals surface area contributed by atoms with E-state index in [4.69, 9.17) is 4.98 Å². The second kappa shape index (κ2) is 10.8. The van der Waals surface area contributed by atoms with Crippen molar-refractivity contribution in [3.8, 4) is 45.3 Å². The van der Waals surface area contributed by atoms with E-state index in [1.54, 1.807) is 0 Å². The predicted molar refractivity (Wildman–Crippen MR) is 181 cm³/mol. The van der Waals surface area contributed by atoms with Crippen molar-refractivity contribution in [1.82, 2.24) is 19.0 Å². The molecule has 44 heavy (non-hydrogen) atoms. The van der Waals surface area contributed by atoms with Crippen molar-refractivity contribution in [3.05, 3.63) is 151 Å². The zero-order valence-electron chi connectivity index (χ0n) is 25.1. The van der Waals surface area contributed by atoms with Gasteiger partial charge in [0.2, 0.25) is 0 Å². The molecule has 0 amide bonds. The summed E-state index contributed by atoms with van der Waals surface area (Å²) in [5, 5.41) is 1.37. The van der Waals surface area contributed by atoms with E-state index in [9.17, 15) is 0 Å². The Balaban J connectivity index is 1.36. The first-order valence-electron chi connectivity index (χ1n) is 15.4. The van der Waals surface area contributed by atoms with Crippen LogP contribution >= 0.6 is 0 Å². The van der Waals surface area contributed by atoms with Gasteiger partial charge < -0.3 is 4.57 Å². The van der Waals surface area contributed by atoms with Crippen molar-refractivity contribution in [2.75, 3.05) is 13.6 Å². The Morgan fingerprint density at radius 1 is 0.591 bits per heavy atom. The third kappa shape index (κ3) is 4.30. The number of fused-ring (bicyclic) bond motifs is 3. The van der Waals surface area contributed by atoms with Crippen LogP contribution in [-0.4, -0.2) is 32.6 Å². The van der Waals surface area contributed by atoms with Crippen molar-refractivity contribution >= 4 is 10.9 Å². The van der Waals surface area contributed by atoms with E-state index in [1.165, 1.54) is 27.8 Å². The first kappa shape index (κ1) is 26.4. The van der Waals surface area contributed by atoms with Crippen LogP contribution in [0.25, 0.3) is 56.2 Å². The molecule has 7 aromatic rings. The minimum absolute atomic E-state index is 0.335. The first-order chi connectivity index (χ1) is 21.7. The summed E-state index contributed by atoms with van der Waals surface area (Å²) in [4.78, 5) is 7.80. The molecule has 2 aromatic heterocycles. The molecule has 0 saturated heterocycles. The van der Waals surface area contributed by atoms with Crippen LogP contribution in [0.2, 0.25) is 0 Å². The molecule has 4 heteroatoms. The van der Waals surface area contributed by atoms with Crippen molar-refractivity contribution in [3.63, 3.8) is 0 Å². The fraction of sp³-hybridized carbons (Fsp3) is 0.125. The highest BCUT2D eigenvalue weighted by Gasteiger charge is 2.29. The molecule has 0 N–H and O–H groups in total. The van der Waals surface area contributed by atoms with E-state index >= 15 is 0 Å². The average molecular weight is 571 g/mol. The second-order valence-corrected chi connectivity index (χ2v) is 11.7. The van der Waals surface area contributed by atoms with Crippen LogP contribution in [0.1, 0.15) is 24.2 Å². The molecule has 0 saturated carbocycles. The number of nitrogens with zero attached hydrogens (tertiary/aromatic N) is 4. The summed E-state index contributed by atoms with van der Waals surface area (Å²) in [7, 11) is 2.23. The van der Waals surface area contributed by atoms with Gasteiger partial charge in [0.05, 0.1) is 16.9 Å². The zero-order valence-corrected chi connectivity index (χ0v) is 25.1. The van der Waals surface area contributed by atoms with Gasteiger partial charge in [0, 0.05) is 51.7 Å². The number of imidazole rings is 1.